The Balaban J connectivity index is 0. The van der Waals surface area contributed by atoms with E-state index in [1.165, 1.54) is 6.33 Å². The SMILES string of the molecule is N.Nc1nc2nc[nH]c2c(=O)[nH]1.O=P([O-])([O-])O.[Mg+2]. The molecule has 2 aromatic heterocycles. The summed E-state index contributed by atoms with van der Waals surface area (Å²) in [5, 5.41) is 0. The largest absolute Gasteiger partial charge is 2.00 e. The molecule has 0 saturated heterocycles. The zero-order valence-corrected chi connectivity index (χ0v) is 11.3. The number of H-pyrrole nitrogens is 2. The number of imidazole rings is 1. The fraction of sp³-hybridized carbons (Fsp3) is 0. The normalized spacial score (nSPS) is 9.72. The molecular weight excluding hydrogens is 279 g/mol. The number of nitrogens with one attached hydrogen (secondary N) is 2. The molecule has 13 heteroatoms. The van der Waals surface area contributed by atoms with E-state index in [4.69, 9.17) is 25.0 Å². The van der Waals surface area contributed by atoms with Crippen LogP contribution in [-0.2, 0) is 4.57 Å². The summed E-state index contributed by atoms with van der Waals surface area (Å²) < 4.78 is 8.66. The van der Waals surface area contributed by atoms with Gasteiger partial charge in [0.1, 0.15) is 0 Å². The van der Waals surface area contributed by atoms with Gasteiger partial charge in [-0.15, -0.1) is 0 Å². The first-order valence-electron chi connectivity index (χ1n) is 3.71. The van der Waals surface area contributed by atoms with E-state index in [2.05, 4.69) is 19.9 Å². The van der Waals surface area contributed by atoms with E-state index in [-0.39, 0.29) is 40.7 Å². The maximum Gasteiger partial charge on any atom is 2.00 e. The Bertz CT molecular complexity index is 583. The summed E-state index contributed by atoms with van der Waals surface area (Å²) in [5.74, 6) is 0.0783. The summed E-state index contributed by atoms with van der Waals surface area (Å²) in [5.41, 5.74) is 5.65. The number of hydrogen-bond acceptors (Lipinski definition) is 8. The second-order valence-electron chi connectivity index (χ2n) is 2.52. The molecule has 0 amide bonds. The molecule has 2 heterocycles. The van der Waals surface area contributed by atoms with Crippen molar-refractivity contribution in [1.82, 2.24) is 26.1 Å². The average molecular weight is 288 g/mol. The molecule has 0 aliphatic rings. The summed E-state index contributed by atoms with van der Waals surface area (Å²) in [6.07, 6.45) is 1.40. The second kappa shape index (κ2) is 7.43. The molecule has 0 saturated carbocycles. The minimum absolute atomic E-state index is 0. The fourth-order valence-corrected chi connectivity index (χ4v) is 0.860. The van der Waals surface area contributed by atoms with E-state index < -0.39 is 7.82 Å². The Morgan fingerprint density at radius 2 is 1.94 bits per heavy atom. The van der Waals surface area contributed by atoms with Crippen molar-refractivity contribution in [2.45, 2.75) is 0 Å². The van der Waals surface area contributed by atoms with E-state index in [1.54, 1.807) is 0 Å². The molecule has 2 rings (SSSR count). The predicted molar refractivity (Wildman–Crippen MR) is 59.5 cm³/mol. The number of rotatable bonds is 0. The van der Waals surface area contributed by atoms with Crippen LogP contribution >= 0.6 is 7.82 Å². The van der Waals surface area contributed by atoms with Gasteiger partial charge in [0.25, 0.3) is 5.56 Å². The minimum Gasteiger partial charge on any atom is -0.790 e. The molecule has 0 spiro atoms. The molecule has 11 nitrogen and oxygen atoms in total. The van der Waals surface area contributed by atoms with Gasteiger partial charge in [-0.1, -0.05) is 0 Å². The number of phosphoric acid groups is 1. The number of nitrogens with zero attached hydrogens (tertiary/aromatic N) is 2. The molecule has 0 aromatic carbocycles. The molecule has 96 valence electrons. The van der Waals surface area contributed by atoms with E-state index >= 15 is 0 Å². The van der Waals surface area contributed by atoms with Crippen LogP contribution in [0.5, 0.6) is 0 Å². The van der Waals surface area contributed by atoms with E-state index in [0.29, 0.717) is 11.2 Å². The number of nitrogen functional groups attached to an aromatic ring is 1. The quantitative estimate of drug-likeness (QED) is 0.243. The third-order valence-corrected chi connectivity index (χ3v) is 1.31. The minimum atomic E-state index is -5.14. The topological polar surface area (TPSA) is 219 Å². The third kappa shape index (κ3) is 6.66. The van der Waals surface area contributed by atoms with Gasteiger partial charge in [0.05, 0.1) is 14.2 Å². The first-order chi connectivity index (χ1) is 7.27. The number of aromatic nitrogens is 4. The average Bonchev–Trinajstić information content (AvgIpc) is 2.47. The number of nitrogens with two attached hydrogens (primary N) is 1. The number of fused-ring (bicyclic) bond motifs is 1. The van der Waals surface area contributed by atoms with Gasteiger partial charge in [0.2, 0.25) is 5.95 Å². The van der Waals surface area contributed by atoms with Crippen molar-refractivity contribution >= 4 is 48.0 Å². The summed E-state index contributed by atoms with van der Waals surface area (Å²) in [6, 6.07) is 0. The Labute approximate surface area is 116 Å². The Morgan fingerprint density at radius 3 is 2.44 bits per heavy atom. The molecule has 18 heavy (non-hydrogen) atoms. The van der Waals surface area contributed by atoms with Gasteiger partial charge in [0.15, 0.2) is 11.2 Å². The zero-order chi connectivity index (χ0) is 12.3. The van der Waals surface area contributed by atoms with Gasteiger partial charge in [-0.3, -0.25) is 9.78 Å². The first-order valence-corrected chi connectivity index (χ1v) is 5.20. The van der Waals surface area contributed by atoms with Crippen LogP contribution in [0.25, 0.3) is 11.2 Å². The second-order valence-corrected chi connectivity index (χ2v) is 3.46. The van der Waals surface area contributed by atoms with Crippen molar-refractivity contribution in [3.63, 3.8) is 0 Å². The van der Waals surface area contributed by atoms with Crippen LogP contribution in [0.1, 0.15) is 0 Å². The number of aromatic amines is 2. The predicted octanol–water partition coefficient (Wildman–Crippen LogP) is -3.18. The van der Waals surface area contributed by atoms with Crippen molar-refractivity contribution in [2.75, 3.05) is 5.73 Å². The van der Waals surface area contributed by atoms with Crippen LogP contribution in [0.4, 0.5) is 5.95 Å². The van der Waals surface area contributed by atoms with Crippen molar-refractivity contribution < 1.29 is 19.2 Å². The van der Waals surface area contributed by atoms with E-state index in [1.807, 2.05) is 0 Å². The van der Waals surface area contributed by atoms with E-state index in [9.17, 15) is 4.79 Å². The first kappa shape index (κ1) is 19.3. The van der Waals surface area contributed by atoms with Crippen LogP contribution in [0.3, 0.4) is 0 Å². The van der Waals surface area contributed by atoms with E-state index in [0.717, 1.165) is 0 Å². The zero-order valence-electron chi connectivity index (χ0n) is 8.99. The van der Waals surface area contributed by atoms with Gasteiger partial charge in [-0.05, 0) is 0 Å². The standard InChI is InChI=1S/C5H5N5O.Mg.H3N.H3O4P/c6-5-9-3-2(4(11)10-5)7-1-8-3;;;1-5(2,3)4/h1H,(H4,6,7,8,9,10,11);;1H3;(H3,1,2,3,4)/q;+2;;/p-2. The molecule has 2 aromatic rings. The van der Waals surface area contributed by atoms with Gasteiger partial charge in [0, 0.05) is 0 Å². The Kier molecular flexibility index (Phi) is 7.98. The van der Waals surface area contributed by atoms with Gasteiger partial charge in [-0.25, -0.2) is 4.98 Å². The summed E-state index contributed by atoms with van der Waals surface area (Å²) in [7, 11) is -5.14. The van der Waals surface area contributed by atoms with Crippen LogP contribution < -0.4 is 27.2 Å². The van der Waals surface area contributed by atoms with Crippen LogP contribution in [0.15, 0.2) is 11.1 Å². The monoisotopic (exact) mass is 288 g/mol. The van der Waals surface area contributed by atoms with Crippen LogP contribution in [0, 0.1) is 0 Å². The summed E-state index contributed by atoms with van der Waals surface area (Å²) >= 11 is 0. The molecule has 0 bridgehead atoms. The molecule has 0 atom stereocenters. The van der Waals surface area contributed by atoms with Gasteiger partial charge >= 0.3 is 23.1 Å². The van der Waals surface area contributed by atoms with Crippen molar-refractivity contribution in [3.8, 4) is 0 Å². The van der Waals surface area contributed by atoms with Gasteiger partial charge in [-0.2, -0.15) is 4.98 Å². The van der Waals surface area contributed by atoms with Crippen molar-refractivity contribution in [1.29, 1.82) is 0 Å². The fourth-order valence-electron chi connectivity index (χ4n) is 0.860. The third-order valence-electron chi connectivity index (χ3n) is 1.31. The van der Waals surface area contributed by atoms with Crippen molar-refractivity contribution in [3.05, 3.63) is 16.7 Å². The molecule has 0 fully saturated rings. The molecule has 0 aliphatic carbocycles. The maximum absolute atomic E-state index is 11.0. The Hall–Kier alpha value is -1.01. The summed E-state index contributed by atoms with van der Waals surface area (Å²) in [6.45, 7) is 0. The molecular formula is C5H9MgN6O5P. The Morgan fingerprint density at radius 1 is 1.44 bits per heavy atom. The van der Waals surface area contributed by atoms with Gasteiger partial charge < -0.3 is 36.1 Å². The molecule has 0 radical (unpaired) electrons. The summed E-state index contributed by atoms with van der Waals surface area (Å²) in [4.78, 5) is 47.8. The molecule has 0 aliphatic heterocycles. The number of anilines is 1. The maximum atomic E-state index is 11.0. The number of hydrogen-bond donors (Lipinski definition) is 5. The van der Waals surface area contributed by atoms with Crippen LogP contribution in [-0.4, -0.2) is 47.9 Å². The van der Waals surface area contributed by atoms with Crippen LogP contribution in [0.2, 0.25) is 0 Å². The molecule has 8 N–H and O–H groups in total. The van der Waals surface area contributed by atoms with Crippen molar-refractivity contribution in [2.24, 2.45) is 0 Å². The molecule has 0 unspecified atom stereocenters. The smallest absolute Gasteiger partial charge is 0.790 e.